The van der Waals surface area contributed by atoms with E-state index in [9.17, 15) is 36.2 Å². The Morgan fingerprint density at radius 1 is 1.11 bits per heavy atom. The molecule has 0 bridgehead atoms. The zero-order chi connectivity index (χ0) is 36.0. The number of rotatable bonds is 13. The first kappa shape index (κ1) is 43.8. The van der Waals surface area contributed by atoms with Gasteiger partial charge in [0.25, 0.3) is 0 Å². The van der Waals surface area contributed by atoms with Crippen molar-refractivity contribution in [3.8, 4) is 11.5 Å². The smallest absolute Gasteiger partial charge is 0.416 e. The van der Waals surface area contributed by atoms with Crippen molar-refractivity contribution < 1.29 is 54.9 Å². The van der Waals surface area contributed by atoms with Crippen molar-refractivity contribution in [3.63, 3.8) is 0 Å². The number of aromatic nitrogens is 1. The Balaban J connectivity index is 0.00000152. The van der Waals surface area contributed by atoms with Gasteiger partial charge in [-0.25, -0.2) is 9.78 Å². The van der Waals surface area contributed by atoms with Gasteiger partial charge in [0.15, 0.2) is 6.10 Å². The predicted octanol–water partition coefficient (Wildman–Crippen LogP) is 10.1. The number of benzene rings is 1. The average Bonchev–Trinajstić information content (AvgIpc) is 3.42. The molecule has 1 heterocycles. The molecule has 0 spiro atoms. The van der Waals surface area contributed by atoms with Crippen molar-refractivity contribution >= 4 is 5.97 Å². The lowest BCUT2D eigenvalue weighted by atomic mass is 9.95. The third-order valence-electron chi connectivity index (χ3n) is 6.31. The maximum atomic E-state index is 13.0. The molecule has 0 amide bonds. The van der Waals surface area contributed by atoms with Crippen molar-refractivity contribution in [1.29, 1.82) is 0 Å². The number of hydrogen-bond acceptors (Lipinski definition) is 6. The number of nitrogens with zero attached hydrogens (tertiary/aromatic N) is 1. The number of alkyl halides is 6. The van der Waals surface area contributed by atoms with Crippen LogP contribution in [0.15, 0.2) is 53.5 Å². The van der Waals surface area contributed by atoms with Gasteiger partial charge in [-0.2, -0.15) is 26.3 Å². The summed E-state index contributed by atoms with van der Waals surface area (Å²) in [5.74, 6) is -0.494. The molecular weight excluding hydrogens is 632 g/mol. The van der Waals surface area contributed by atoms with E-state index in [1.54, 1.807) is 19.9 Å². The lowest BCUT2D eigenvalue weighted by Gasteiger charge is -2.29. The van der Waals surface area contributed by atoms with Crippen LogP contribution in [0.25, 0.3) is 11.5 Å². The minimum absolute atomic E-state index is 0.0490. The second-order valence-corrected chi connectivity index (χ2v) is 9.78. The quantitative estimate of drug-likeness (QED) is 0.128. The third-order valence-corrected chi connectivity index (χ3v) is 6.31. The molecule has 0 aliphatic heterocycles. The Morgan fingerprint density at radius 3 is 2.28 bits per heavy atom. The molecule has 13 heteroatoms. The number of allylic oxidation sites excluding steroid dienone is 2. The highest BCUT2D eigenvalue weighted by Crippen LogP contribution is 2.33. The van der Waals surface area contributed by atoms with E-state index >= 15 is 0 Å². The second kappa shape index (κ2) is 23.2. The van der Waals surface area contributed by atoms with E-state index in [0.29, 0.717) is 30.7 Å². The predicted molar refractivity (Wildman–Crippen MR) is 169 cm³/mol. The van der Waals surface area contributed by atoms with Crippen molar-refractivity contribution in [2.24, 2.45) is 0 Å². The van der Waals surface area contributed by atoms with Crippen LogP contribution in [0.3, 0.4) is 0 Å². The van der Waals surface area contributed by atoms with Crippen LogP contribution in [-0.4, -0.2) is 53.8 Å². The van der Waals surface area contributed by atoms with Crippen molar-refractivity contribution in [1.82, 2.24) is 4.98 Å². The van der Waals surface area contributed by atoms with E-state index in [-0.39, 0.29) is 49.6 Å². The Morgan fingerprint density at radius 2 is 1.74 bits per heavy atom. The number of carboxylic acids is 1. The normalized spacial score (nSPS) is 16.9. The van der Waals surface area contributed by atoms with Crippen molar-refractivity contribution in [2.75, 3.05) is 13.2 Å². The van der Waals surface area contributed by atoms with Gasteiger partial charge < -0.3 is 23.7 Å². The summed E-state index contributed by atoms with van der Waals surface area (Å²) in [6.45, 7) is 15.3. The molecule has 1 aromatic carbocycles. The largest absolute Gasteiger partial charge is 0.479 e. The molecule has 0 radical (unpaired) electrons. The van der Waals surface area contributed by atoms with E-state index < -0.39 is 30.0 Å². The molecule has 47 heavy (non-hydrogen) atoms. The highest BCUT2D eigenvalue weighted by molar-refractivity contribution is 5.72. The van der Waals surface area contributed by atoms with Crippen LogP contribution in [0.5, 0.6) is 0 Å². The summed E-state index contributed by atoms with van der Waals surface area (Å²) in [6.07, 6.45) is -2.87. The third kappa shape index (κ3) is 18.1. The summed E-state index contributed by atoms with van der Waals surface area (Å²) in [5, 5.41) is 9.30. The van der Waals surface area contributed by atoms with Crippen LogP contribution in [0.4, 0.5) is 26.3 Å². The number of oxazole rings is 1. The zero-order valence-corrected chi connectivity index (χ0v) is 28.0. The summed E-state index contributed by atoms with van der Waals surface area (Å²) in [7, 11) is 0. The number of aliphatic carboxylic acids is 1. The number of aryl methyl sites for hydroxylation is 1. The molecule has 1 N–H and O–H groups in total. The molecule has 268 valence electrons. The number of ether oxygens (including phenoxy) is 3. The topological polar surface area (TPSA) is 91.0 Å². The van der Waals surface area contributed by atoms with Gasteiger partial charge in [0.05, 0.1) is 37.6 Å². The molecule has 1 fully saturated rings. The highest BCUT2D eigenvalue weighted by Gasteiger charge is 2.31. The Labute approximate surface area is 274 Å². The van der Waals surface area contributed by atoms with Crippen molar-refractivity contribution in [3.05, 3.63) is 66.1 Å². The van der Waals surface area contributed by atoms with Gasteiger partial charge in [-0.3, -0.25) is 0 Å². The molecule has 3 atom stereocenters. The molecule has 2 aromatic rings. The molecule has 0 saturated heterocycles. The van der Waals surface area contributed by atoms with Gasteiger partial charge in [-0.15, -0.1) is 6.58 Å². The van der Waals surface area contributed by atoms with Gasteiger partial charge in [0.1, 0.15) is 11.5 Å². The molecule has 3 rings (SSSR count). The number of hydrogen-bond donors (Lipinski definition) is 1. The number of carbonyl (C=O) groups is 1. The summed E-state index contributed by atoms with van der Waals surface area (Å²) in [5.41, 5.74) is -0.0150. The molecule has 3 unspecified atom stereocenters. The fourth-order valence-corrected chi connectivity index (χ4v) is 4.07. The lowest BCUT2D eigenvalue weighted by Crippen LogP contribution is -2.34. The van der Waals surface area contributed by atoms with E-state index in [0.717, 1.165) is 37.5 Å². The zero-order valence-electron chi connectivity index (χ0n) is 28.0. The minimum Gasteiger partial charge on any atom is -0.479 e. The number of carboxylic acid groups (broad SMARTS) is 1. The standard InChI is InChI=1S/C25H30F3NO6.C5H7F3.2C2H6/c1-3-4-11-32-22(24(30)31)15-34-20-10-6-9-19(13-20)33-14-21-16(2)35-23(29-21)17-7-5-8-18(12-17)25(26,27)28;1-2-3-4-5(6,7)8;2*1-2/h3,5,7-8,12,19-20,22H,1,4,6,9-11,13-15H2,2H3,(H,30,31);3-4H,2H2,1H3;2*1-2H3/b;4-3+;;. The fraction of sp³-hybridized carbons (Fsp3) is 0.588. The van der Waals surface area contributed by atoms with Gasteiger partial charge in [-0.1, -0.05) is 52.8 Å². The molecule has 7 nitrogen and oxygen atoms in total. The first-order valence-electron chi connectivity index (χ1n) is 15.8. The van der Waals surface area contributed by atoms with E-state index in [1.165, 1.54) is 12.1 Å². The Bertz CT molecular complexity index is 1180. The molecule has 1 aliphatic carbocycles. The molecule has 1 saturated carbocycles. The number of halogens is 6. The molecule has 1 aliphatic rings. The van der Waals surface area contributed by atoms with Gasteiger partial charge in [-0.05, 0) is 63.6 Å². The van der Waals surface area contributed by atoms with Gasteiger partial charge in [0.2, 0.25) is 5.89 Å². The first-order valence-corrected chi connectivity index (χ1v) is 15.8. The first-order chi connectivity index (χ1) is 22.2. The van der Waals surface area contributed by atoms with Crippen LogP contribution in [0.2, 0.25) is 0 Å². The lowest BCUT2D eigenvalue weighted by molar-refractivity contribution is -0.157. The van der Waals surface area contributed by atoms with Crippen LogP contribution < -0.4 is 0 Å². The SMILES string of the molecule is C=CCCOC(COC1CCCC(OCc2nc(-c3cccc(C(F)(F)F)c3)oc2C)C1)C(=O)O.CC.CC.CC/C=C/C(F)(F)F. The maximum absolute atomic E-state index is 13.0. The second-order valence-electron chi connectivity index (χ2n) is 9.78. The highest BCUT2D eigenvalue weighted by atomic mass is 19.4. The Hall–Kier alpha value is -3.16. The van der Waals surface area contributed by atoms with Crippen LogP contribution in [0.1, 0.15) is 90.2 Å². The minimum atomic E-state index is -4.45. The monoisotopic (exact) mass is 681 g/mol. The van der Waals surface area contributed by atoms with Crippen LogP contribution in [-0.2, 0) is 31.8 Å². The molecular formula is C34H49F6NO6. The van der Waals surface area contributed by atoms with E-state index in [2.05, 4.69) is 11.6 Å². The Kier molecular flexibility index (Phi) is 21.7. The van der Waals surface area contributed by atoms with E-state index in [1.807, 2.05) is 27.7 Å². The average molecular weight is 682 g/mol. The van der Waals surface area contributed by atoms with Crippen LogP contribution >= 0.6 is 0 Å². The summed E-state index contributed by atoms with van der Waals surface area (Å²) >= 11 is 0. The summed E-state index contributed by atoms with van der Waals surface area (Å²) < 4.78 is 95.2. The fourth-order valence-electron chi connectivity index (χ4n) is 4.07. The van der Waals surface area contributed by atoms with E-state index in [4.69, 9.17) is 18.6 Å². The van der Waals surface area contributed by atoms with Crippen molar-refractivity contribution in [2.45, 2.75) is 117 Å². The summed E-state index contributed by atoms with van der Waals surface area (Å²) in [6, 6.07) is 4.83. The van der Waals surface area contributed by atoms with Gasteiger partial charge in [0, 0.05) is 11.6 Å². The maximum Gasteiger partial charge on any atom is 0.416 e. The van der Waals surface area contributed by atoms with Gasteiger partial charge >= 0.3 is 18.3 Å². The molecule has 1 aromatic heterocycles. The summed E-state index contributed by atoms with van der Waals surface area (Å²) in [4.78, 5) is 15.7. The van der Waals surface area contributed by atoms with Crippen LogP contribution in [0, 0.1) is 6.92 Å².